The van der Waals surface area contributed by atoms with E-state index < -0.39 is 40.8 Å². The zero-order chi connectivity index (χ0) is 13.2. The van der Waals surface area contributed by atoms with E-state index in [1.807, 2.05) is 0 Å². The molecule has 1 heterocycles. The van der Waals surface area contributed by atoms with Crippen LogP contribution >= 0.6 is 11.8 Å². The van der Waals surface area contributed by atoms with Crippen molar-refractivity contribution in [2.75, 3.05) is 18.8 Å². The Hall–Kier alpha value is -0.920. The van der Waals surface area contributed by atoms with Crippen molar-refractivity contribution in [2.24, 2.45) is 11.8 Å². The lowest BCUT2D eigenvalue weighted by Crippen LogP contribution is -2.32. The topological polar surface area (TPSA) is 57.6 Å². The first-order valence-corrected chi connectivity index (χ1v) is 5.90. The van der Waals surface area contributed by atoms with Crippen LogP contribution in [0.2, 0.25) is 0 Å². The smallest absolute Gasteiger partial charge is 0.442 e. The van der Waals surface area contributed by atoms with E-state index in [2.05, 4.69) is 0 Å². The van der Waals surface area contributed by atoms with Crippen LogP contribution in [0.5, 0.6) is 0 Å². The van der Waals surface area contributed by atoms with Crippen LogP contribution < -0.4 is 0 Å². The van der Waals surface area contributed by atoms with Crippen LogP contribution in [0.15, 0.2) is 0 Å². The van der Waals surface area contributed by atoms with Crippen LogP contribution in [-0.4, -0.2) is 46.2 Å². The average molecular weight is 271 g/mol. The number of carbonyl (C=O) groups is 2. The molecular weight excluding hydrogens is 259 g/mol. The third-order valence-corrected chi connectivity index (χ3v) is 3.36. The van der Waals surface area contributed by atoms with Crippen molar-refractivity contribution in [1.29, 1.82) is 0 Å². The lowest BCUT2D eigenvalue weighted by molar-refractivity contribution is -0.142. The fourth-order valence-electron chi connectivity index (χ4n) is 1.73. The molecule has 0 aliphatic carbocycles. The standard InChI is InChI=1S/C9H12F3NO3S/c1-5-2-13(3-6(5)8(15)16)7(14)4-17-9(10,11)12/h5-6H,2-4H2,1H3,(H,15,16)/t5-,6-/m1/s1. The average Bonchev–Trinajstić information content (AvgIpc) is 2.55. The van der Waals surface area contributed by atoms with Crippen LogP contribution in [0.1, 0.15) is 6.92 Å². The number of hydrogen-bond donors (Lipinski definition) is 1. The van der Waals surface area contributed by atoms with Crippen molar-refractivity contribution in [3.63, 3.8) is 0 Å². The molecule has 0 radical (unpaired) electrons. The number of nitrogens with zero attached hydrogens (tertiary/aromatic N) is 1. The first kappa shape index (κ1) is 14.1. The van der Waals surface area contributed by atoms with E-state index >= 15 is 0 Å². The number of carboxylic acid groups (broad SMARTS) is 1. The van der Waals surface area contributed by atoms with Gasteiger partial charge in [-0.1, -0.05) is 6.92 Å². The molecule has 1 aliphatic heterocycles. The Kier molecular flexibility index (Phi) is 4.29. The molecule has 0 bridgehead atoms. The summed E-state index contributed by atoms with van der Waals surface area (Å²) in [5.74, 6) is -3.29. The van der Waals surface area contributed by atoms with Crippen LogP contribution in [-0.2, 0) is 9.59 Å². The number of hydrogen-bond acceptors (Lipinski definition) is 3. The second-order valence-corrected chi connectivity index (χ2v) is 5.00. The van der Waals surface area contributed by atoms with Gasteiger partial charge in [0.1, 0.15) is 0 Å². The zero-order valence-electron chi connectivity index (χ0n) is 9.03. The third-order valence-electron chi connectivity index (χ3n) is 2.64. The summed E-state index contributed by atoms with van der Waals surface area (Å²) in [7, 11) is 0. The Morgan fingerprint density at radius 2 is 2.00 bits per heavy atom. The van der Waals surface area contributed by atoms with Crippen molar-refractivity contribution in [2.45, 2.75) is 12.4 Å². The summed E-state index contributed by atoms with van der Waals surface area (Å²) in [6.45, 7) is 1.87. The summed E-state index contributed by atoms with van der Waals surface area (Å²) in [5, 5.41) is 8.82. The number of carboxylic acids is 1. The highest BCUT2D eigenvalue weighted by atomic mass is 32.2. The number of amides is 1. The number of carbonyl (C=O) groups excluding carboxylic acids is 1. The minimum absolute atomic E-state index is 0.00620. The molecule has 4 nitrogen and oxygen atoms in total. The Morgan fingerprint density at radius 1 is 1.41 bits per heavy atom. The van der Waals surface area contributed by atoms with Crippen molar-refractivity contribution in [3.05, 3.63) is 0 Å². The largest absolute Gasteiger partial charge is 0.481 e. The van der Waals surface area contributed by atoms with Crippen molar-refractivity contribution in [3.8, 4) is 0 Å². The fourth-order valence-corrected chi connectivity index (χ4v) is 2.20. The molecule has 0 unspecified atom stereocenters. The lowest BCUT2D eigenvalue weighted by atomic mass is 9.99. The van der Waals surface area contributed by atoms with E-state index in [4.69, 9.17) is 5.11 Å². The minimum atomic E-state index is -4.44. The summed E-state index contributed by atoms with van der Waals surface area (Å²) >= 11 is -0.399. The van der Waals surface area contributed by atoms with Gasteiger partial charge in [0.15, 0.2) is 0 Å². The predicted molar refractivity (Wildman–Crippen MR) is 55.4 cm³/mol. The molecule has 98 valence electrons. The number of thioether (sulfide) groups is 1. The summed E-state index contributed by atoms with van der Waals surface area (Å²) in [4.78, 5) is 23.4. The molecule has 0 aromatic carbocycles. The van der Waals surface area contributed by atoms with E-state index in [-0.39, 0.29) is 19.0 Å². The van der Waals surface area contributed by atoms with Crippen LogP contribution in [0, 0.1) is 11.8 Å². The van der Waals surface area contributed by atoms with E-state index in [1.54, 1.807) is 6.92 Å². The monoisotopic (exact) mass is 271 g/mol. The molecule has 0 spiro atoms. The first-order chi connectivity index (χ1) is 7.70. The van der Waals surface area contributed by atoms with E-state index in [9.17, 15) is 22.8 Å². The Morgan fingerprint density at radius 3 is 2.41 bits per heavy atom. The molecule has 1 amide bonds. The maximum atomic E-state index is 11.9. The van der Waals surface area contributed by atoms with Gasteiger partial charge in [0, 0.05) is 13.1 Å². The molecule has 1 saturated heterocycles. The fraction of sp³-hybridized carbons (Fsp3) is 0.778. The number of rotatable bonds is 3. The van der Waals surface area contributed by atoms with Gasteiger partial charge in [0.2, 0.25) is 5.91 Å². The van der Waals surface area contributed by atoms with Gasteiger partial charge in [-0.2, -0.15) is 13.2 Å². The van der Waals surface area contributed by atoms with Gasteiger partial charge in [0.05, 0.1) is 11.7 Å². The van der Waals surface area contributed by atoms with Crippen molar-refractivity contribution >= 4 is 23.6 Å². The second-order valence-electron chi connectivity index (χ2n) is 3.96. The Balaban J connectivity index is 2.48. The SMILES string of the molecule is C[C@@H]1CN(C(=O)CSC(F)(F)F)C[C@H]1C(=O)O. The molecule has 8 heteroatoms. The van der Waals surface area contributed by atoms with E-state index in [1.165, 1.54) is 4.90 Å². The second kappa shape index (κ2) is 5.16. The van der Waals surface area contributed by atoms with Crippen molar-refractivity contribution < 1.29 is 27.9 Å². The Bertz CT molecular complexity index is 321. The summed E-state index contributed by atoms with van der Waals surface area (Å²) in [6, 6.07) is 0. The van der Waals surface area contributed by atoms with E-state index in [0.29, 0.717) is 0 Å². The van der Waals surface area contributed by atoms with Crippen LogP contribution in [0.25, 0.3) is 0 Å². The summed E-state index contributed by atoms with van der Waals surface area (Å²) in [6.07, 6.45) is 0. The molecular formula is C9H12F3NO3S. The number of halogens is 3. The maximum Gasteiger partial charge on any atom is 0.442 e. The van der Waals surface area contributed by atoms with Gasteiger partial charge in [-0.3, -0.25) is 9.59 Å². The van der Waals surface area contributed by atoms with Crippen LogP contribution in [0.3, 0.4) is 0 Å². The highest BCUT2D eigenvalue weighted by Gasteiger charge is 2.38. The molecule has 0 saturated carbocycles. The molecule has 17 heavy (non-hydrogen) atoms. The van der Waals surface area contributed by atoms with Gasteiger partial charge < -0.3 is 10.0 Å². The molecule has 2 atom stereocenters. The third kappa shape index (κ3) is 4.10. The molecule has 0 aromatic rings. The zero-order valence-corrected chi connectivity index (χ0v) is 9.85. The van der Waals surface area contributed by atoms with Crippen molar-refractivity contribution in [1.82, 2.24) is 4.90 Å². The molecule has 1 fully saturated rings. The first-order valence-electron chi connectivity index (χ1n) is 4.92. The Labute approximate surface area is 100 Å². The highest BCUT2D eigenvalue weighted by molar-refractivity contribution is 8.00. The molecule has 1 rings (SSSR count). The maximum absolute atomic E-state index is 11.9. The number of likely N-dealkylation sites (tertiary alicyclic amines) is 1. The van der Waals surface area contributed by atoms with E-state index in [0.717, 1.165) is 0 Å². The number of aliphatic carboxylic acids is 1. The predicted octanol–water partition coefficient (Wildman–Crippen LogP) is 1.42. The van der Waals surface area contributed by atoms with Gasteiger partial charge in [-0.15, -0.1) is 0 Å². The summed E-state index contributed by atoms with van der Waals surface area (Å²) in [5.41, 5.74) is -4.44. The van der Waals surface area contributed by atoms with Gasteiger partial charge in [-0.05, 0) is 17.7 Å². The quantitative estimate of drug-likeness (QED) is 0.843. The van der Waals surface area contributed by atoms with Gasteiger partial charge in [0.25, 0.3) is 0 Å². The number of alkyl halides is 3. The highest BCUT2D eigenvalue weighted by Crippen LogP contribution is 2.31. The molecule has 0 aromatic heterocycles. The van der Waals surface area contributed by atoms with Crippen LogP contribution in [0.4, 0.5) is 13.2 Å². The van der Waals surface area contributed by atoms with Gasteiger partial charge in [-0.25, -0.2) is 0 Å². The van der Waals surface area contributed by atoms with Gasteiger partial charge >= 0.3 is 11.5 Å². The lowest BCUT2D eigenvalue weighted by Gasteiger charge is -2.16. The minimum Gasteiger partial charge on any atom is -0.481 e. The summed E-state index contributed by atoms with van der Waals surface area (Å²) < 4.78 is 35.6. The molecule has 1 aliphatic rings. The normalized spacial score (nSPS) is 25.1. The molecule has 1 N–H and O–H groups in total.